The summed E-state index contributed by atoms with van der Waals surface area (Å²) in [6, 6.07) is 17.5. The van der Waals surface area contributed by atoms with Gasteiger partial charge in [0.1, 0.15) is 11.6 Å². The third kappa shape index (κ3) is 6.88. The first-order chi connectivity index (χ1) is 18.1. The van der Waals surface area contributed by atoms with Gasteiger partial charge in [0.15, 0.2) is 18.2 Å². The fourth-order valence-electron chi connectivity index (χ4n) is 4.48. The fraction of sp³-hybridized carbons (Fsp3) is 0.290. The second-order valence-electron chi connectivity index (χ2n) is 9.41. The molecule has 0 saturated carbocycles. The molecule has 0 aromatic heterocycles. The van der Waals surface area contributed by atoms with Gasteiger partial charge >= 0.3 is 6.18 Å². The molecular weight excluding hydrogens is 502 g/mol. The lowest BCUT2D eigenvalue weighted by Crippen LogP contribution is -2.19. The second kappa shape index (κ2) is 11.9. The Morgan fingerprint density at radius 3 is 2.16 bits per heavy atom. The van der Waals surface area contributed by atoms with Crippen LogP contribution in [0, 0.1) is 17.5 Å². The van der Waals surface area contributed by atoms with E-state index in [1.54, 1.807) is 42.5 Å². The molecule has 0 atom stereocenters. The van der Waals surface area contributed by atoms with Crippen LogP contribution in [0.15, 0.2) is 66.7 Å². The normalized spacial score (nSPS) is 11.8. The summed E-state index contributed by atoms with van der Waals surface area (Å²) in [4.78, 5) is 0. The Kier molecular flexibility index (Phi) is 8.65. The molecule has 0 unspecified atom stereocenters. The molecule has 4 rings (SSSR count). The van der Waals surface area contributed by atoms with Gasteiger partial charge in [-0.2, -0.15) is 13.2 Å². The van der Waals surface area contributed by atoms with Crippen molar-refractivity contribution in [1.82, 2.24) is 0 Å². The molecule has 0 aliphatic rings. The highest BCUT2D eigenvalue weighted by Crippen LogP contribution is 2.30. The molecule has 1 nitrogen and oxygen atoms in total. The van der Waals surface area contributed by atoms with Crippen LogP contribution >= 0.6 is 0 Å². The van der Waals surface area contributed by atoms with E-state index in [-0.39, 0.29) is 18.7 Å². The number of fused-ring (bicyclic) bond motifs is 1. The number of alkyl halides is 3. The molecule has 0 heterocycles. The smallest absolute Gasteiger partial charge is 0.422 e. The van der Waals surface area contributed by atoms with Crippen LogP contribution in [-0.4, -0.2) is 12.8 Å². The van der Waals surface area contributed by atoms with Crippen LogP contribution in [0.3, 0.4) is 0 Å². The summed E-state index contributed by atoms with van der Waals surface area (Å²) in [7, 11) is 0. The molecule has 200 valence electrons. The largest absolute Gasteiger partial charge is 0.481 e. The van der Waals surface area contributed by atoms with E-state index in [2.05, 4.69) is 11.7 Å². The molecule has 0 amide bonds. The minimum absolute atomic E-state index is 0.264. The van der Waals surface area contributed by atoms with Crippen LogP contribution in [0.2, 0.25) is 0 Å². The molecule has 0 fully saturated rings. The highest BCUT2D eigenvalue weighted by Gasteiger charge is 2.29. The lowest BCUT2D eigenvalue weighted by molar-refractivity contribution is -0.153. The number of hydrogen-bond acceptors (Lipinski definition) is 1. The van der Waals surface area contributed by atoms with Crippen molar-refractivity contribution in [2.24, 2.45) is 0 Å². The van der Waals surface area contributed by atoms with E-state index in [0.29, 0.717) is 33.0 Å². The Balaban J connectivity index is 1.47. The number of halogens is 6. The number of aryl methyl sites for hydroxylation is 3. The van der Waals surface area contributed by atoms with Gasteiger partial charge in [0.2, 0.25) is 0 Å². The predicted octanol–water partition coefficient (Wildman–Crippen LogP) is 9.38. The van der Waals surface area contributed by atoms with E-state index in [1.165, 1.54) is 6.07 Å². The highest BCUT2D eigenvalue weighted by atomic mass is 19.4. The first-order valence-corrected chi connectivity index (χ1v) is 12.6. The predicted molar refractivity (Wildman–Crippen MR) is 138 cm³/mol. The average molecular weight is 531 g/mol. The molecular formula is C31H28F6O. The van der Waals surface area contributed by atoms with Crippen molar-refractivity contribution in [3.8, 4) is 16.9 Å². The summed E-state index contributed by atoms with van der Waals surface area (Å²) in [6.07, 6.45) is 0.0398. The summed E-state index contributed by atoms with van der Waals surface area (Å²) < 4.78 is 85.6. The van der Waals surface area contributed by atoms with Gasteiger partial charge in [-0.3, -0.25) is 0 Å². The highest BCUT2D eigenvalue weighted by molar-refractivity contribution is 5.88. The molecule has 0 aliphatic heterocycles. The van der Waals surface area contributed by atoms with Gasteiger partial charge in [-0.25, -0.2) is 13.2 Å². The van der Waals surface area contributed by atoms with E-state index in [4.69, 9.17) is 0 Å². The Labute approximate surface area is 218 Å². The van der Waals surface area contributed by atoms with E-state index in [9.17, 15) is 22.0 Å². The Morgan fingerprint density at radius 1 is 0.711 bits per heavy atom. The van der Waals surface area contributed by atoms with Crippen LogP contribution in [0.5, 0.6) is 5.75 Å². The zero-order valence-corrected chi connectivity index (χ0v) is 21.0. The van der Waals surface area contributed by atoms with Crippen molar-refractivity contribution >= 4 is 10.8 Å². The fourth-order valence-corrected chi connectivity index (χ4v) is 4.48. The molecule has 0 saturated heterocycles. The second-order valence-corrected chi connectivity index (χ2v) is 9.41. The first kappa shape index (κ1) is 27.6. The maximum absolute atomic E-state index is 15.3. The first-order valence-electron chi connectivity index (χ1n) is 12.6. The number of unbranched alkanes of at least 4 members (excludes halogenated alkanes) is 2. The van der Waals surface area contributed by atoms with E-state index < -0.39 is 30.2 Å². The molecule has 0 radical (unpaired) electrons. The molecule has 4 aromatic rings. The summed E-state index contributed by atoms with van der Waals surface area (Å²) >= 11 is 0. The molecule has 0 N–H and O–H groups in total. The maximum atomic E-state index is 15.3. The summed E-state index contributed by atoms with van der Waals surface area (Å²) in [5, 5.41) is 1.03. The van der Waals surface area contributed by atoms with Crippen LogP contribution in [-0.2, 0) is 19.3 Å². The monoisotopic (exact) mass is 530 g/mol. The van der Waals surface area contributed by atoms with Gasteiger partial charge in [-0.05, 0) is 77.6 Å². The summed E-state index contributed by atoms with van der Waals surface area (Å²) in [5.41, 5.74) is 3.00. The van der Waals surface area contributed by atoms with Crippen molar-refractivity contribution in [2.45, 2.75) is 51.6 Å². The van der Waals surface area contributed by atoms with Gasteiger partial charge in [0, 0.05) is 10.9 Å². The number of rotatable bonds is 10. The van der Waals surface area contributed by atoms with Crippen LogP contribution < -0.4 is 4.74 Å². The van der Waals surface area contributed by atoms with Crippen molar-refractivity contribution < 1.29 is 31.1 Å². The van der Waals surface area contributed by atoms with Gasteiger partial charge in [-0.1, -0.05) is 62.2 Å². The van der Waals surface area contributed by atoms with Gasteiger partial charge in [0.25, 0.3) is 0 Å². The Morgan fingerprint density at radius 2 is 1.45 bits per heavy atom. The lowest BCUT2D eigenvalue weighted by atomic mass is 9.96. The minimum atomic E-state index is -4.56. The number of hydrogen-bond donors (Lipinski definition) is 0. The van der Waals surface area contributed by atoms with E-state index in [1.807, 2.05) is 6.07 Å². The summed E-state index contributed by atoms with van der Waals surface area (Å²) in [5.74, 6) is -2.11. The Bertz CT molecular complexity index is 1410. The van der Waals surface area contributed by atoms with Crippen LogP contribution in [0.4, 0.5) is 26.3 Å². The number of benzene rings is 4. The molecule has 7 heteroatoms. The Hall–Kier alpha value is -3.48. The maximum Gasteiger partial charge on any atom is 0.422 e. The van der Waals surface area contributed by atoms with E-state index in [0.717, 1.165) is 43.4 Å². The lowest BCUT2D eigenvalue weighted by Gasteiger charge is -2.12. The summed E-state index contributed by atoms with van der Waals surface area (Å²) in [6.45, 7) is 0.544. The van der Waals surface area contributed by atoms with Crippen molar-refractivity contribution in [2.75, 3.05) is 6.61 Å². The van der Waals surface area contributed by atoms with Crippen molar-refractivity contribution in [1.29, 1.82) is 0 Å². The molecule has 0 spiro atoms. The topological polar surface area (TPSA) is 9.23 Å². The van der Waals surface area contributed by atoms with Crippen LogP contribution in [0.25, 0.3) is 21.9 Å². The third-order valence-corrected chi connectivity index (χ3v) is 6.52. The van der Waals surface area contributed by atoms with Gasteiger partial charge in [-0.15, -0.1) is 0 Å². The third-order valence-electron chi connectivity index (χ3n) is 6.52. The molecule has 38 heavy (non-hydrogen) atoms. The standard InChI is InChI=1S/C31H28F6O/c1-2-3-4-5-20-7-13-25(27(32)16-20)23-12-14-26-24(18-23)11-10-22(30(26)34)9-6-21-8-15-29(28(33)17-21)38-19-31(35,36)37/h7-8,10-18H,2-6,9,19H2,1H3. The molecule has 4 aromatic carbocycles. The molecule has 0 bridgehead atoms. The van der Waals surface area contributed by atoms with Crippen molar-refractivity contribution in [3.05, 3.63) is 101 Å². The zero-order valence-electron chi connectivity index (χ0n) is 21.0. The minimum Gasteiger partial charge on any atom is -0.481 e. The zero-order chi connectivity index (χ0) is 27.3. The van der Waals surface area contributed by atoms with Crippen molar-refractivity contribution in [3.63, 3.8) is 0 Å². The SMILES string of the molecule is CCCCCc1ccc(-c2ccc3c(F)c(CCc4ccc(OCC(F)(F)F)c(F)c4)ccc3c2)c(F)c1. The van der Waals surface area contributed by atoms with Gasteiger partial charge < -0.3 is 4.74 Å². The number of ether oxygens (including phenoxy) is 1. The average Bonchev–Trinajstić information content (AvgIpc) is 2.87. The van der Waals surface area contributed by atoms with Crippen LogP contribution in [0.1, 0.15) is 42.9 Å². The van der Waals surface area contributed by atoms with Gasteiger partial charge in [0.05, 0.1) is 0 Å². The van der Waals surface area contributed by atoms with E-state index >= 15 is 4.39 Å². The molecule has 0 aliphatic carbocycles. The quantitative estimate of drug-likeness (QED) is 0.147.